The van der Waals surface area contributed by atoms with Gasteiger partial charge >= 0.3 is 6.03 Å². The summed E-state index contributed by atoms with van der Waals surface area (Å²) < 4.78 is 9.71. The van der Waals surface area contributed by atoms with Crippen LogP contribution in [-0.4, -0.2) is 39.7 Å². The van der Waals surface area contributed by atoms with Crippen molar-refractivity contribution >= 4 is 39.5 Å². The van der Waals surface area contributed by atoms with Crippen molar-refractivity contribution in [2.75, 3.05) is 23.3 Å². The lowest BCUT2D eigenvalue weighted by Crippen LogP contribution is -2.46. The number of nitrogens with one attached hydrogen (secondary N) is 2. The first kappa shape index (κ1) is 18.6. The molecule has 4 aromatic rings. The predicted molar refractivity (Wildman–Crippen MR) is 117 cm³/mol. The number of para-hydroxylation sites is 1. The minimum Gasteiger partial charge on any atom is -0.354 e. The van der Waals surface area contributed by atoms with Gasteiger partial charge in [-0.15, -0.1) is 0 Å². The Kier molecular flexibility index (Phi) is 5.02. The van der Waals surface area contributed by atoms with Crippen molar-refractivity contribution in [2.45, 2.75) is 18.9 Å². The lowest BCUT2D eigenvalue weighted by molar-refractivity contribution is 0.245. The van der Waals surface area contributed by atoms with Gasteiger partial charge in [0.05, 0.1) is 5.39 Å². The maximum absolute atomic E-state index is 12.4. The van der Waals surface area contributed by atoms with E-state index in [9.17, 15) is 4.79 Å². The Labute approximate surface area is 177 Å². The number of aromatic nitrogens is 3. The SMILES string of the molecule is O=C(Nc1noc2ccccc12)NC1CCN(c2nc(-c3ccccc3)ns2)CC1. The van der Waals surface area contributed by atoms with E-state index in [1.54, 1.807) is 0 Å². The number of anilines is 2. The molecule has 152 valence electrons. The second kappa shape index (κ2) is 8.11. The number of benzene rings is 2. The molecule has 1 aliphatic rings. The minimum absolute atomic E-state index is 0.0981. The smallest absolute Gasteiger partial charge is 0.320 e. The summed E-state index contributed by atoms with van der Waals surface area (Å²) in [6.07, 6.45) is 1.68. The summed E-state index contributed by atoms with van der Waals surface area (Å²) in [7, 11) is 0. The zero-order chi connectivity index (χ0) is 20.3. The van der Waals surface area contributed by atoms with Crippen molar-refractivity contribution in [3.05, 3.63) is 54.6 Å². The van der Waals surface area contributed by atoms with Crippen molar-refractivity contribution in [1.29, 1.82) is 0 Å². The molecule has 2 aromatic heterocycles. The maximum atomic E-state index is 12.4. The van der Waals surface area contributed by atoms with Crippen LogP contribution >= 0.6 is 11.5 Å². The van der Waals surface area contributed by atoms with Gasteiger partial charge in [-0.2, -0.15) is 9.36 Å². The molecule has 0 radical (unpaired) electrons. The molecule has 1 saturated heterocycles. The van der Waals surface area contributed by atoms with E-state index in [-0.39, 0.29) is 12.1 Å². The van der Waals surface area contributed by atoms with Gasteiger partial charge in [-0.05, 0) is 25.0 Å². The van der Waals surface area contributed by atoms with E-state index in [1.165, 1.54) is 11.5 Å². The molecule has 30 heavy (non-hydrogen) atoms. The predicted octanol–water partition coefficient (Wildman–Crippen LogP) is 4.14. The lowest BCUT2D eigenvalue weighted by atomic mass is 10.1. The van der Waals surface area contributed by atoms with Crippen LogP contribution < -0.4 is 15.5 Å². The third-order valence-corrected chi connectivity index (χ3v) is 5.93. The molecule has 3 heterocycles. The minimum atomic E-state index is -0.269. The summed E-state index contributed by atoms with van der Waals surface area (Å²) >= 11 is 1.42. The zero-order valence-corrected chi connectivity index (χ0v) is 16.9. The molecule has 1 aliphatic heterocycles. The highest BCUT2D eigenvalue weighted by molar-refractivity contribution is 7.09. The van der Waals surface area contributed by atoms with E-state index in [2.05, 4.69) is 30.0 Å². The molecule has 0 unspecified atom stereocenters. The highest BCUT2D eigenvalue weighted by Gasteiger charge is 2.23. The van der Waals surface area contributed by atoms with Gasteiger partial charge in [0.25, 0.3) is 0 Å². The molecule has 0 bridgehead atoms. The lowest BCUT2D eigenvalue weighted by Gasteiger charge is -2.31. The van der Waals surface area contributed by atoms with Gasteiger partial charge < -0.3 is 14.7 Å². The van der Waals surface area contributed by atoms with Crippen molar-refractivity contribution in [3.8, 4) is 11.4 Å². The fraction of sp³-hybridized carbons (Fsp3) is 0.238. The third kappa shape index (κ3) is 3.84. The van der Waals surface area contributed by atoms with E-state index < -0.39 is 0 Å². The number of hydrogen-bond donors (Lipinski definition) is 2. The highest BCUT2D eigenvalue weighted by Crippen LogP contribution is 2.26. The molecule has 5 rings (SSSR count). The van der Waals surface area contributed by atoms with Gasteiger partial charge in [-0.3, -0.25) is 5.32 Å². The van der Waals surface area contributed by atoms with Gasteiger partial charge in [-0.25, -0.2) is 4.79 Å². The van der Waals surface area contributed by atoms with Crippen LogP contribution in [0.1, 0.15) is 12.8 Å². The normalized spacial score (nSPS) is 14.7. The average molecular weight is 420 g/mol. The van der Waals surface area contributed by atoms with E-state index in [0.717, 1.165) is 47.8 Å². The van der Waals surface area contributed by atoms with Crippen molar-refractivity contribution < 1.29 is 9.32 Å². The Morgan fingerprint density at radius 2 is 1.83 bits per heavy atom. The van der Waals surface area contributed by atoms with Gasteiger partial charge in [0.2, 0.25) is 5.13 Å². The van der Waals surface area contributed by atoms with Gasteiger partial charge in [0.1, 0.15) is 0 Å². The number of amides is 2. The number of hydrogen-bond acceptors (Lipinski definition) is 7. The fourth-order valence-electron chi connectivity index (χ4n) is 3.57. The largest absolute Gasteiger partial charge is 0.354 e. The van der Waals surface area contributed by atoms with Gasteiger partial charge in [-0.1, -0.05) is 47.6 Å². The zero-order valence-electron chi connectivity index (χ0n) is 16.1. The van der Waals surface area contributed by atoms with Crippen LogP contribution in [0.5, 0.6) is 0 Å². The van der Waals surface area contributed by atoms with Crippen LogP contribution in [-0.2, 0) is 0 Å². The van der Waals surface area contributed by atoms with Crippen LogP contribution in [0.3, 0.4) is 0 Å². The first-order chi connectivity index (χ1) is 14.8. The third-order valence-electron chi connectivity index (χ3n) is 5.16. The number of piperidine rings is 1. The summed E-state index contributed by atoms with van der Waals surface area (Å²) in [6, 6.07) is 17.2. The summed E-state index contributed by atoms with van der Waals surface area (Å²) in [5, 5.41) is 11.5. The molecule has 8 nitrogen and oxygen atoms in total. The van der Waals surface area contributed by atoms with Crippen LogP contribution in [0, 0.1) is 0 Å². The summed E-state index contributed by atoms with van der Waals surface area (Å²) in [4.78, 5) is 19.3. The molecule has 9 heteroatoms. The summed E-state index contributed by atoms with van der Waals surface area (Å²) in [6.45, 7) is 1.64. The molecule has 2 N–H and O–H groups in total. The molecule has 0 atom stereocenters. The van der Waals surface area contributed by atoms with Crippen molar-refractivity contribution in [2.24, 2.45) is 0 Å². The second-order valence-electron chi connectivity index (χ2n) is 7.15. The summed E-state index contributed by atoms with van der Waals surface area (Å²) in [5.74, 6) is 1.19. The maximum Gasteiger partial charge on any atom is 0.320 e. The number of carbonyl (C=O) groups is 1. The molecule has 0 spiro atoms. The molecular formula is C21H20N6O2S. The molecule has 0 aliphatic carbocycles. The standard InChI is InChI=1S/C21H20N6O2S/c28-20(23-19-16-8-4-5-9-17(16)29-25-19)22-15-10-12-27(13-11-15)21-24-18(26-30-21)14-6-2-1-3-7-14/h1-9,15H,10-13H2,(H2,22,23,25,28). The quantitative estimate of drug-likeness (QED) is 0.515. The van der Waals surface area contributed by atoms with E-state index in [1.807, 2.05) is 54.6 Å². The Morgan fingerprint density at radius 1 is 1.07 bits per heavy atom. The van der Waals surface area contributed by atoms with E-state index in [0.29, 0.717) is 11.4 Å². The van der Waals surface area contributed by atoms with Crippen LogP contribution in [0.15, 0.2) is 59.1 Å². The Bertz CT molecular complexity index is 1150. The number of fused-ring (bicyclic) bond motifs is 1. The number of rotatable bonds is 4. The summed E-state index contributed by atoms with van der Waals surface area (Å²) in [5.41, 5.74) is 1.67. The van der Waals surface area contributed by atoms with Crippen molar-refractivity contribution in [1.82, 2.24) is 19.8 Å². The number of carbonyl (C=O) groups excluding carboxylic acids is 1. The Balaban J connectivity index is 1.15. The second-order valence-corrected chi connectivity index (χ2v) is 7.88. The molecule has 1 fully saturated rings. The van der Waals surface area contributed by atoms with Gasteiger partial charge in [0, 0.05) is 36.2 Å². The average Bonchev–Trinajstić information content (AvgIpc) is 3.43. The fourth-order valence-corrected chi connectivity index (χ4v) is 4.31. The van der Waals surface area contributed by atoms with Crippen LogP contribution in [0.4, 0.5) is 15.7 Å². The van der Waals surface area contributed by atoms with Gasteiger partial charge in [0.15, 0.2) is 17.2 Å². The Hall–Kier alpha value is -3.46. The Morgan fingerprint density at radius 3 is 2.67 bits per heavy atom. The number of nitrogens with zero attached hydrogens (tertiary/aromatic N) is 4. The molecule has 0 saturated carbocycles. The molecule has 2 amide bonds. The molecule has 2 aromatic carbocycles. The topological polar surface area (TPSA) is 96.2 Å². The first-order valence-corrected chi connectivity index (χ1v) is 10.6. The monoisotopic (exact) mass is 420 g/mol. The molecular weight excluding hydrogens is 400 g/mol. The first-order valence-electron chi connectivity index (χ1n) is 9.82. The van der Waals surface area contributed by atoms with E-state index in [4.69, 9.17) is 4.52 Å². The highest BCUT2D eigenvalue weighted by atomic mass is 32.1. The van der Waals surface area contributed by atoms with Crippen LogP contribution in [0.25, 0.3) is 22.4 Å². The van der Waals surface area contributed by atoms with Crippen LogP contribution in [0.2, 0.25) is 0 Å². The number of urea groups is 1. The van der Waals surface area contributed by atoms with E-state index >= 15 is 0 Å². The van der Waals surface area contributed by atoms with Crippen molar-refractivity contribution in [3.63, 3.8) is 0 Å².